The summed E-state index contributed by atoms with van der Waals surface area (Å²) >= 11 is 4.20. The van der Waals surface area contributed by atoms with Crippen LogP contribution in [0.2, 0.25) is 0 Å². The van der Waals surface area contributed by atoms with E-state index in [0.29, 0.717) is 17.1 Å². The summed E-state index contributed by atoms with van der Waals surface area (Å²) in [6.45, 7) is 6.60. The van der Waals surface area contributed by atoms with Gasteiger partial charge in [-0.2, -0.15) is 12.6 Å². The van der Waals surface area contributed by atoms with Gasteiger partial charge in [-0.1, -0.05) is 19.0 Å². The molecule has 0 spiro atoms. The Bertz CT molecular complexity index is 330. The minimum atomic E-state index is 0.415. The van der Waals surface area contributed by atoms with Crippen molar-refractivity contribution in [3.63, 3.8) is 0 Å². The largest absolute Gasteiger partial charge is 0.361 e. The van der Waals surface area contributed by atoms with E-state index in [9.17, 15) is 0 Å². The molecule has 0 N–H and O–H groups in total. The van der Waals surface area contributed by atoms with Crippen LogP contribution in [0.15, 0.2) is 4.52 Å². The normalized spacial score (nSPS) is 24.8. The fraction of sp³-hybridized carbons (Fsp3) is 0.700. The third-order valence-corrected chi connectivity index (χ3v) is 3.34. The van der Waals surface area contributed by atoms with Crippen LogP contribution in [0, 0.1) is 12.3 Å². The summed E-state index contributed by atoms with van der Waals surface area (Å²) in [6, 6.07) is 0. The van der Waals surface area contributed by atoms with Crippen molar-refractivity contribution in [2.24, 2.45) is 5.41 Å². The Labute approximate surface area is 84.1 Å². The third-order valence-electron chi connectivity index (χ3n) is 3.04. The zero-order valence-corrected chi connectivity index (χ0v) is 9.19. The summed E-state index contributed by atoms with van der Waals surface area (Å²) in [5.74, 6) is 2.32. The van der Waals surface area contributed by atoms with Crippen LogP contribution in [-0.4, -0.2) is 5.16 Å². The molecule has 2 rings (SSSR count). The summed E-state index contributed by atoms with van der Waals surface area (Å²) in [6.07, 6.45) is 1.22. The third kappa shape index (κ3) is 1.39. The van der Waals surface area contributed by atoms with Crippen LogP contribution in [-0.2, 0) is 5.75 Å². The molecule has 1 saturated carbocycles. The zero-order valence-electron chi connectivity index (χ0n) is 8.29. The van der Waals surface area contributed by atoms with Gasteiger partial charge in [0.25, 0.3) is 0 Å². The topological polar surface area (TPSA) is 26.0 Å². The fourth-order valence-electron chi connectivity index (χ4n) is 1.77. The number of hydrogen-bond donors (Lipinski definition) is 1. The maximum atomic E-state index is 5.35. The molecule has 2 nitrogen and oxygen atoms in total. The van der Waals surface area contributed by atoms with E-state index < -0.39 is 0 Å². The molecule has 0 aromatic carbocycles. The van der Waals surface area contributed by atoms with E-state index in [1.54, 1.807) is 0 Å². The second-order valence-corrected chi connectivity index (χ2v) is 4.84. The predicted molar refractivity (Wildman–Crippen MR) is 55.1 cm³/mol. The molecular formula is C10H15NOS. The lowest BCUT2D eigenvalue weighted by atomic mass is 10.1. The molecule has 1 heterocycles. The van der Waals surface area contributed by atoms with Gasteiger partial charge in [-0.15, -0.1) is 0 Å². The summed E-state index contributed by atoms with van der Waals surface area (Å²) in [5, 5.41) is 4.01. The average Bonchev–Trinajstić information content (AvgIpc) is 2.55. The highest BCUT2D eigenvalue weighted by Gasteiger charge is 2.49. The smallest absolute Gasteiger partial charge is 0.143 e. The van der Waals surface area contributed by atoms with Crippen molar-refractivity contribution in [1.82, 2.24) is 5.16 Å². The maximum absolute atomic E-state index is 5.35. The SMILES string of the molecule is Cc1c(CS)noc1C1CC1(C)C. The van der Waals surface area contributed by atoms with Crippen molar-refractivity contribution in [2.45, 2.75) is 38.9 Å². The number of thiol groups is 1. The van der Waals surface area contributed by atoms with Crippen molar-refractivity contribution in [3.05, 3.63) is 17.0 Å². The molecule has 1 fully saturated rings. The van der Waals surface area contributed by atoms with E-state index >= 15 is 0 Å². The predicted octanol–water partition coefficient (Wildman–Crippen LogP) is 2.93. The molecular weight excluding hydrogens is 182 g/mol. The van der Waals surface area contributed by atoms with Crippen LogP contribution in [0.3, 0.4) is 0 Å². The van der Waals surface area contributed by atoms with Gasteiger partial charge in [-0.3, -0.25) is 0 Å². The lowest BCUT2D eigenvalue weighted by Gasteiger charge is -1.99. The molecule has 13 heavy (non-hydrogen) atoms. The Kier molecular flexibility index (Phi) is 1.95. The quantitative estimate of drug-likeness (QED) is 0.738. The second-order valence-electron chi connectivity index (χ2n) is 4.52. The van der Waals surface area contributed by atoms with Crippen molar-refractivity contribution >= 4 is 12.6 Å². The maximum Gasteiger partial charge on any atom is 0.143 e. The molecule has 0 aliphatic heterocycles. The zero-order chi connectivity index (χ0) is 9.64. The van der Waals surface area contributed by atoms with Crippen molar-refractivity contribution < 1.29 is 4.52 Å². The van der Waals surface area contributed by atoms with Gasteiger partial charge >= 0.3 is 0 Å². The van der Waals surface area contributed by atoms with Gasteiger partial charge in [0.05, 0.1) is 5.69 Å². The summed E-state index contributed by atoms with van der Waals surface area (Å²) in [5.41, 5.74) is 2.60. The van der Waals surface area contributed by atoms with Gasteiger partial charge in [0.1, 0.15) is 5.76 Å². The van der Waals surface area contributed by atoms with Gasteiger partial charge in [0.2, 0.25) is 0 Å². The highest BCUT2D eigenvalue weighted by Crippen LogP contribution is 2.59. The summed E-state index contributed by atoms with van der Waals surface area (Å²) in [4.78, 5) is 0. The molecule has 0 saturated heterocycles. The van der Waals surface area contributed by atoms with Crippen LogP contribution in [0.5, 0.6) is 0 Å². The van der Waals surface area contributed by atoms with Gasteiger partial charge in [-0.25, -0.2) is 0 Å². The van der Waals surface area contributed by atoms with E-state index in [0.717, 1.165) is 11.5 Å². The van der Waals surface area contributed by atoms with E-state index in [2.05, 4.69) is 38.6 Å². The Balaban J connectivity index is 2.28. The van der Waals surface area contributed by atoms with E-state index in [1.807, 2.05) is 0 Å². The van der Waals surface area contributed by atoms with Crippen molar-refractivity contribution in [1.29, 1.82) is 0 Å². The van der Waals surface area contributed by atoms with Crippen LogP contribution >= 0.6 is 12.6 Å². The highest BCUT2D eigenvalue weighted by atomic mass is 32.1. The fourth-order valence-corrected chi connectivity index (χ4v) is 2.07. The number of nitrogens with zero attached hydrogens (tertiary/aromatic N) is 1. The highest BCUT2D eigenvalue weighted by molar-refractivity contribution is 7.79. The summed E-state index contributed by atoms with van der Waals surface area (Å²) < 4.78 is 5.35. The molecule has 0 bridgehead atoms. The Hall–Kier alpha value is -0.440. The van der Waals surface area contributed by atoms with Crippen molar-refractivity contribution in [3.8, 4) is 0 Å². The molecule has 0 amide bonds. The first kappa shape index (κ1) is 9.13. The van der Waals surface area contributed by atoms with Gasteiger partial charge in [0.15, 0.2) is 0 Å². The number of hydrogen-bond acceptors (Lipinski definition) is 3. The molecule has 1 aromatic rings. The lowest BCUT2D eigenvalue weighted by Crippen LogP contribution is -1.90. The van der Waals surface area contributed by atoms with Crippen LogP contribution in [0.4, 0.5) is 0 Å². The van der Waals surface area contributed by atoms with Crippen LogP contribution in [0.1, 0.15) is 43.2 Å². The number of rotatable bonds is 2. The summed E-state index contributed by atoms with van der Waals surface area (Å²) in [7, 11) is 0. The molecule has 72 valence electrons. The molecule has 1 aliphatic carbocycles. The first-order valence-corrected chi connectivity index (χ1v) is 5.25. The average molecular weight is 197 g/mol. The monoisotopic (exact) mass is 197 g/mol. The standard InChI is InChI=1S/C10H15NOS/c1-6-8(5-13)11-12-9(6)7-4-10(7,2)3/h7,13H,4-5H2,1-3H3. The van der Waals surface area contributed by atoms with Crippen LogP contribution in [0.25, 0.3) is 0 Å². The first-order valence-electron chi connectivity index (χ1n) is 4.62. The molecule has 1 atom stereocenters. The molecule has 1 aromatic heterocycles. The Morgan fingerprint density at radius 1 is 1.62 bits per heavy atom. The Morgan fingerprint density at radius 3 is 2.62 bits per heavy atom. The van der Waals surface area contributed by atoms with Crippen LogP contribution < -0.4 is 0 Å². The van der Waals surface area contributed by atoms with Gasteiger partial charge in [0, 0.05) is 17.2 Å². The van der Waals surface area contributed by atoms with Gasteiger partial charge < -0.3 is 4.52 Å². The lowest BCUT2D eigenvalue weighted by molar-refractivity contribution is 0.369. The second kappa shape index (κ2) is 2.77. The molecule has 0 radical (unpaired) electrons. The van der Waals surface area contributed by atoms with Crippen molar-refractivity contribution in [2.75, 3.05) is 0 Å². The molecule has 1 aliphatic rings. The number of aromatic nitrogens is 1. The van der Waals surface area contributed by atoms with E-state index in [1.165, 1.54) is 12.0 Å². The van der Waals surface area contributed by atoms with Gasteiger partial charge in [-0.05, 0) is 18.8 Å². The minimum absolute atomic E-state index is 0.415. The minimum Gasteiger partial charge on any atom is -0.361 e. The first-order chi connectivity index (χ1) is 6.06. The molecule has 1 unspecified atom stereocenters. The van der Waals surface area contributed by atoms with E-state index in [-0.39, 0.29) is 0 Å². The molecule has 3 heteroatoms. The Morgan fingerprint density at radius 2 is 2.23 bits per heavy atom. The van der Waals surface area contributed by atoms with E-state index in [4.69, 9.17) is 4.52 Å².